The second-order valence-electron chi connectivity index (χ2n) is 5.61. The predicted octanol–water partition coefficient (Wildman–Crippen LogP) is -1.25. The quantitative estimate of drug-likeness (QED) is 0.622. The highest BCUT2D eigenvalue weighted by atomic mass is 16.3. The third-order valence-electron chi connectivity index (χ3n) is 4.17. The lowest BCUT2D eigenvalue weighted by Crippen LogP contribution is -2.57. The van der Waals surface area contributed by atoms with E-state index in [0.717, 1.165) is 32.1 Å². The van der Waals surface area contributed by atoms with Crippen LogP contribution in [-0.2, 0) is 0 Å². The largest absolute Gasteiger partial charge is 0.391 e. The first-order valence-electron chi connectivity index (χ1n) is 6.82. The highest BCUT2D eigenvalue weighted by Crippen LogP contribution is 2.20. The van der Waals surface area contributed by atoms with Crippen molar-refractivity contribution >= 4 is 12.0 Å². The molecule has 106 valence electrons. The molecule has 0 aromatic rings. The second-order valence-corrected chi connectivity index (χ2v) is 5.61. The highest BCUT2D eigenvalue weighted by molar-refractivity contribution is 5.83. The number of guanidine groups is 1. The Balaban J connectivity index is 1.62. The summed E-state index contributed by atoms with van der Waals surface area (Å²) < 4.78 is 0. The molecule has 2 saturated heterocycles. The van der Waals surface area contributed by atoms with Crippen LogP contribution in [0.25, 0.3) is 0 Å². The molecule has 0 radical (unpaired) electrons. The van der Waals surface area contributed by atoms with E-state index in [1.165, 1.54) is 0 Å². The van der Waals surface area contributed by atoms with Gasteiger partial charge in [-0.2, -0.15) is 0 Å². The minimum atomic E-state index is -0.401. The van der Waals surface area contributed by atoms with Crippen LogP contribution in [0.3, 0.4) is 0 Å². The molecule has 3 unspecified atom stereocenters. The molecule has 3 rings (SSSR count). The molecule has 0 aromatic heterocycles. The van der Waals surface area contributed by atoms with E-state index in [1.54, 1.807) is 11.8 Å². The number of aliphatic imine (C=N–C) groups is 1. The van der Waals surface area contributed by atoms with Crippen molar-refractivity contribution in [2.45, 2.75) is 25.1 Å². The summed E-state index contributed by atoms with van der Waals surface area (Å²) in [6, 6.07) is 0.398. The number of nitrogens with one attached hydrogen (secondary N) is 1. The van der Waals surface area contributed by atoms with Gasteiger partial charge in [0.05, 0.1) is 24.7 Å². The summed E-state index contributed by atoms with van der Waals surface area (Å²) in [6.45, 7) is 5.54. The van der Waals surface area contributed by atoms with Gasteiger partial charge in [0.15, 0.2) is 5.96 Å². The average molecular weight is 267 g/mol. The molecule has 0 aliphatic carbocycles. The summed E-state index contributed by atoms with van der Waals surface area (Å²) in [4.78, 5) is 22.2. The van der Waals surface area contributed by atoms with Gasteiger partial charge in [0, 0.05) is 33.2 Å². The standard InChI is InChI=1S/C12H21N5O2/c1-8(18)10-5-13-11(14-10)16-3-4-17-9(7-16)6-15(2)12(17)19/h8-10,18H,3-7H2,1-2H3,(H,13,14). The Morgan fingerprint density at radius 1 is 1.42 bits per heavy atom. The van der Waals surface area contributed by atoms with Crippen molar-refractivity contribution in [3.05, 3.63) is 0 Å². The number of rotatable bonds is 1. The van der Waals surface area contributed by atoms with Gasteiger partial charge in [-0.3, -0.25) is 4.99 Å². The van der Waals surface area contributed by atoms with Crippen molar-refractivity contribution in [1.82, 2.24) is 20.0 Å². The lowest BCUT2D eigenvalue weighted by atomic mass is 10.2. The fourth-order valence-electron chi connectivity index (χ4n) is 2.98. The Hall–Kier alpha value is -1.50. The monoisotopic (exact) mass is 267 g/mol. The van der Waals surface area contributed by atoms with Crippen LogP contribution in [0.15, 0.2) is 4.99 Å². The van der Waals surface area contributed by atoms with Gasteiger partial charge in [-0.05, 0) is 6.92 Å². The Bertz CT molecular complexity index is 411. The van der Waals surface area contributed by atoms with E-state index in [9.17, 15) is 9.90 Å². The Morgan fingerprint density at radius 2 is 2.21 bits per heavy atom. The van der Waals surface area contributed by atoms with Crippen LogP contribution in [0.5, 0.6) is 0 Å². The number of hydrogen-bond donors (Lipinski definition) is 2. The van der Waals surface area contributed by atoms with Gasteiger partial charge >= 0.3 is 6.03 Å². The Morgan fingerprint density at radius 3 is 2.89 bits per heavy atom. The third kappa shape index (κ3) is 2.11. The number of aliphatic hydroxyl groups is 1. The Kier molecular flexibility index (Phi) is 3.00. The maximum absolute atomic E-state index is 11.9. The SMILES string of the molecule is CC(O)C1CN=C(N2CCN3C(=O)N(C)CC3C2)N1. The number of carbonyl (C=O) groups excluding carboxylic acids is 1. The zero-order valence-electron chi connectivity index (χ0n) is 11.4. The van der Waals surface area contributed by atoms with Crippen molar-refractivity contribution in [3.8, 4) is 0 Å². The summed E-state index contributed by atoms with van der Waals surface area (Å²) in [5, 5.41) is 12.8. The van der Waals surface area contributed by atoms with E-state index in [4.69, 9.17) is 0 Å². The molecule has 2 N–H and O–H groups in total. The smallest absolute Gasteiger partial charge is 0.320 e. The fourth-order valence-corrected chi connectivity index (χ4v) is 2.98. The van der Waals surface area contributed by atoms with E-state index < -0.39 is 6.10 Å². The molecule has 2 fully saturated rings. The molecule has 0 aromatic carbocycles. The number of likely N-dealkylation sites (N-methyl/N-ethyl adjacent to an activating group) is 1. The molecule has 0 spiro atoms. The van der Waals surface area contributed by atoms with Crippen LogP contribution >= 0.6 is 0 Å². The molecular formula is C12H21N5O2. The van der Waals surface area contributed by atoms with E-state index in [-0.39, 0.29) is 18.1 Å². The number of nitrogens with zero attached hydrogens (tertiary/aromatic N) is 4. The highest BCUT2D eigenvalue weighted by Gasteiger charge is 2.40. The van der Waals surface area contributed by atoms with Crippen molar-refractivity contribution in [3.63, 3.8) is 0 Å². The van der Waals surface area contributed by atoms with E-state index in [1.807, 2.05) is 11.9 Å². The van der Waals surface area contributed by atoms with Gasteiger partial charge in [-0.25, -0.2) is 4.79 Å². The molecule has 2 amide bonds. The lowest BCUT2D eigenvalue weighted by Gasteiger charge is -2.37. The summed E-state index contributed by atoms with van der Waals surface area (Å²) in [6.07, 6.45) is -0.401. The van der Waals surface area contributed by atoms with Crippen LogP contribution in [0.1, 0.15) is 6.92 Å². The fraction of sp³-hybridized carbons (Fsp3) is 0.833. The van der Waals surface area contributed by atoms with E-state index >= 15 is 0 Å². The number of amides is 2. The minimum absolute atomic E-state index is 0.0147. The van der Waals surface area contributed by atoms with Gasteiger partial charge in [0.25, 0.3) is 0 Å². The number of carbonyl (C=O) groups is 1. The maximum atomic E-state index is 11.9. The maximum Gasteiger partial charge on any atom is 0.320 e. The lowest BCUT2D eigenvalue weighted by molar-refractivity contribution is 0.150. The zero-order valence-corrected chi connectivity index (χ0v) is 11.4. The second kappa shape index (κ2) is 4.56. The topological polar surface area (TPSA) is 71.4 Å². The zero-order chi connectivity index (χ0) is 13.6. The predicted molar refractivity (Wildman–Crippen MR) is 71.0 cm³/mol. The van der Waals surface area contributed by atoms with Crippen LogP contribution in [0.2, 0.25) is 0 Å². The van der Waals surface area contributed by atoms with Crippen LogP contribution in [0.4, 0.5) is 4.79 Å². The summed E-state index contributed by atoms with van der Waals surface area (Å²) in [7, 11) is 1.85. The van der Waals surface area contributed by atoms with Crippen LogP contribution in [0, 0.1) is 0 Å². The first kappa shape index (κ1) is 12.5. The third-order valence-corrected chi connectivity index (χ3v) is 4.17. The average Bonchev–Trinajstić information content (AvgIpc) is 2.96. The van der Waals surface area contributed by atoms with Crippen molar-refractivity contribution < 1.29 is 9.90 Å². The minimum Gasteiger partial charge on any atom is -0.391 e. The molecule has 0 saturated carbocycles. The Labute approximate surface area is 112 Å². The number of piperazine rings is 1. The van der Waals surface area contributed by atoms with E-state index in [0.29, 0.717) is 6.54 Å². The molecule has 7 heteroatoms. The molecule has 7 nitrogen and oxygen atoms in total. The number of fused-ring (bicyclic) bond motifs is 1. The number of urea groups is 1. The van der Waals surface area contributed by atoms with Crippen molar-refractivity contribution in [1.29, 1.82) is 0 Å². The molecule has 3 aliphatic rings. The molecule has 3 heterocycles. The number of hydrogen-bond acceptors (Lipinski definition) is 5. The first-order chi connectivity index (χ1) is 9.06. The van der Waals surface area contributed by atoms with Crippen molar-refractivity contribution in [2.24, 2.45) is 4.99 Å². The number of aliphatic hydroxyl groups excluding tert-OH is 1. The molecule has 19 heavy (non-hydrogen) atoms. The molecule has 0 bridgehead atoms. The summed E-state index contributed by atoms with van der Waals surface area (Å²) in [5.74, 6) is 0.868. The molecule has 3 aliphatic heterocycles. The van der Waals surface area contributed by atoms with Crippen LogP contribution in [-0.4, -0.2) is 89.8 Å². The van der Waals surface area contributed by atoms with Gasteiger partial charge in [0.1, 0.15) is 0 Å². The van der Waals surface area contributed by atoms with Gasteiger partial charge < -0.3 is 25.1 Å². The van der Waals surface area contributed by atoms with Gasteiger partial charge in [-0.15, -0.1) is 0 Å². The molecular weight excluding hydrogens is 246 g/mol. The first-order valence-corrected chi connectivity index (χ1v) is 6.82. The van der Waals surface area contributed by atoms with Gasteiger partial charge in [0.2, 0.25) is 0 Å². The normalized spacial score (nSPS) is 32.3. The van der Waals surface area contributed by atoms with E-state index in [2.05, 4.69) is 15.2 Å². The van der Waals surface area contributed by atoms with Gasteiger partial charge in [-0.1, -0.05) is 0 Å². The molecule has 3 atom stereocenters. The summed E-state index contributed by atoms with van der Waals surface area (Å²) in [5.41, 5.74) is 0. The summed E-state index contributed by atoms with van der Waals surface area (Å²) >= 11 is 0. The van der Waals surface area contributed by atoms with Crippen molar-refractivity contribution in [2.75, 3.05) is 39.8 Å². The van der Waals surface area contributed by atoms with Crippen LogP contribution < -0.4 is 5.32 Å².